The summed E-state index contributed by atoms with van der Waals surface area (Å²) >= 11 is 0. The van der Waals surface area contributed by atoms with E-state index in [1.807, 2.05) is 45.0 Å². The number of carboxylic acid groups (broad SMARTS) is 1. The molecule has 0 aliphatic rings. The monoisotopic (exact) mass is 192 g/mol. The Hall–Kier alpha value is -1.31. The molecule has 0 aromatic heterocycles. The Morgan fingerprint density at radius 3 is 2.07 bits per heavy atom. The fourth-order valence-electron chi connectivity index (χ4n) is 1.59. The summed E-state index contributed by atoms with van der Waals surface area (Å²) in [6.07, 6.45) is 0. The molecule has 1 rings (SSSR count). The van der Waals surface area contributed by atoms with E-state index in [1.54, 1.807) is 0 Å². The van der Waals surface area contributed by atoms with Crippen LogP contribution in [0.25, 0.3) is 0 Å². The second-order valence-electron chi connectivity index (χ2n) is 3.97. The van der Waals surface area contributed by atoms with Gasteiger partial charge in [0.05, 0.1) is 5.92 Å². The zero-order chi connectivity index (χ0) is 10.7. The molecule has 76 valence electrons. The number of aryl methyl sites for hydroxylation is 1. The number of benzene rings is 1. The van der Waals surface area contributed by atoms with Crippen molar-refractivity contribution in [1.82, 2.24) is 0 Å². The van der Waals surface area contributed by atoms with Crippen molar-refractivity contribution in [2.75, 3.05) is 0 Å². The molecule has 0 radical (unpaired) electrons. The Morgan fingerprint density at radius 1 is 1.21 bits per heavy atom. The maximum absolute atomic E-state index is 11.0. The molecular weight excluding hydrogens is 176 g/mol. The molecule has 1 aromatic rings. The molecule has 0 aliphatic carbocycles. The molecular formula is C12H16O2. The molecule has 0 saturated heterocycles. The van der Waals surface area contributed by atoms with E-state index in [2.05, 4.69) is 0 Å². The first-order valence-corrected chi connectivity index (χ1v) is 4.81. The van der Waals surface area contributed by atoms with Crippen LogP contribution in [0.1, 0.15) is 30.9 Å². The number of hydrogen-bond acceptors (Lipinski definition) is 1. The predicted molar refractivity (Wildman–Crippen MR) is 56.4 cm³/mol. The predicted octanol–water partition coefficient (Wildman–Crippen LogP) is 2.82. The first kappa shape index (κ1) is 10.8. The standard InChI is InChI=1S/C12H16O2/c1-8(2)11(12(13)14)10-6-4-9(3)5-7-10/h4-8,11H,1-3H3,(H,13,14)/t11-/m1/s1. The van der Waals surface area contributed by atoms with Crippen LogP contribution in [0, 0.1) is 12.8 Å². The van der Waals surface area contributed by atoms with Gasteiger partial charge in [-0.25, -0.2) is 0 Å². The molecule has 0 spiro atoms. The highest BCUT2D eigenvalue weighted by atomic mass is 16.4. The number of carbonyl (C=O) groups is 1. The average Bonchev–Trinajstić information content (AvgIpc) is 2.07. The van der Waals surface area contributed by atoms with Gasteiger partial charge in [0.25, 0.3) is 0 Å². The Morgan fingerprint density at radius 2 is 1.71 bits per heavy atom. The zero-order valence-electron chi connectivity index (χ0n) is 8.82. The zero-order valence-corrected chi connectivity index (χ0v) is 8.82. The summed E-state index contributed by atoms with van der Waals surface area (Å²) in [6.45, 7) is 5.85. The van der Waals surface area contributed by atoms with Gasteiger partial charge in [0, 0.05) is 0 Å². The van der Waals surface area contributed by atoms with Crippen molar-refractivity contribution < 1.29 is 9.90 Å². The third kappa shape index (κ3) is 2.34. The fraction of sp³-hybridized carbons (Fsp3) is 0.417. The summed E-state index contributed by atoms with van der Waals surface area (Å²) in [5, 5.41) is 9.07. The van der Waals surface area contributed by atoms with Crippen LogP contribution in [0.15, 0.2) is 24.3 Å². The van der Waals surface area contributed by atoms with Gasteiger partial charge in [0.15, 0.2) is 0 Å². The van der Waals surface area contributed by atoms with Gasteiger partial charge in [0.1, 0.15) is 0 Å². The van der Waals surface area contributed by atoms with E-state index < -0.39 is 11.9 Å². The molecule has 0 unspecified atom stereocenters. The molecule has 0 heterocycles. The summed E-state index contributed by atoms with van der Waals surface area (Å²) in [5.41, 5.74) is 2.04. The van der Waals surface area contributed by atoms with E-state index in [4.69, 9.17) is 5.11 Å². The highest BCUT2D eigenvalue weighted by molar-refractivity contribution is 5.76. The summed E-state index contributed by atoms with van der Waals surface area (Å²) in [4.78, 5) is 11.0. The van der Waals surface area contributed by atoms with Gasteiger partial charge in [-0.3, -0.25) is 4.79 Å². The van der Waals surface area contributed by atoms with Crippen LogP contribution in [-0.4, -0.2) is 11.1 Å². The van der Waals surface area contributed by atoms with E-state index in [1.165, 1.54) is 0 Å². The number of carboxylic acids is 1. The summed E-state index contributed by atoms with van der Waals surface area (Å²) < 4.78 is 0. The van der Waals surface area contributed by atoms with Crippen molar-refractivity contribution >= 4 is 5.97 Å². The average molecular weight is 192 g/mol. The Bertz CT molecular complexity index is 312. The topological polar surface area (TPSA) is 37.3 Å². The third-order valence-electron chi connectivity index (χ3n) is 2.37. The van der Waals surface area contributed by atoms with Gasteiger partial charge in [-0.15, -0.1) is 0 Å². The van der Waals surface area contributed by atoms with Gasteiger partial charge in [-0.1, -0.05) is 43.7 Å². The molecule has 2 nitrogen and oxygen atoms in total. The second kappa shape index (κ2) is 4.27. The minimum atomic E-state index is -0.746. The lowest BCUT2D eigenvalue weighted by molar-refractivity contribution is -0.139. The van der Waals surface area contributed by atoms with Crippen LogP contribution in [0.3, 0.4) is 0 Å². The molecule has 2 heteroatoms. The van der Waals surface area contributed by atoms with Gasteiger partial charge < -0.3 is 5.11 Å². The number of rotatable bonds is 3. The molecule has 0 aliphatic heterocycles. The molecule has 0 saturated carbocycles. The first-order valence-electron chi connectivity index (χ1n) is 4.81. The molecule has 1 aromatic carbocycles. The highest BCUT2D eigenvalue weighted by Crippen LogP contribution is 2.24. The van der Waals surface area contributed by atoms with Crippen LogP contribution in [0.4, 0.5) is 0 Å². The van der Waals surface area contributed by atoms with Crippen LogP contribution >= 0.6 is 0 Å². The second-order valence-corrected chi connectivity index (χ2v) is 3.97. The Labute approximate surface area is 84.6 Å². The van der Waals surface area contributed by atoms with Gasteiger partial charge in [-0.2, -0.15) is 0 Å². The van der Waals surface area contributed by atoms with Crippen molar-refractivity contribution in [3.8, 4) is 0 Å². The van der Waals surface area contributed by atoms with Crippen LogP contribution < -0.4 is 0 Å². The largest absolute Gasteiger partial charge is 0.481 e. The first-order chi connectivity index (χ1) is 6.52. The van der Waals surface area contributed by atoms with Crippen LogP contribution in [0.5, 0.6) is 0 Å². The van der Waals surface area contributed by atoms with E-state index in [9.17, 15) is 4.79 Å². The Kier molecular flexibility index (Phi) is 3.28. The van der Waals surface area contributed by atoms with E-state index >= 15 is 0 Å². The quantitative estimate of drug-likeness (QED) is 0.799. The molecule has 0 bridgehead atoms. The summed E-state index contributed by atoms with van der Waals surface area (Å²) in [7, 11) is 0. The van der Waals surface area contributed by atoms with E-state index in [-0.39, 0.29) is 5.92 Å². The lowest BCUT2D eigenvalue weighted by atomic mass is 9.88. The lowest BCUT2D eigenvalue weighted by Gasteiger charge is -2.16. The van der Waals surface area contributed by atoms with Crippen LogP contribution in [-0.2, 0) is 4.79 Å². The number of hydrogen-bond donors (Lipinski definition) is 1. The van der Waals surface area contributed by atoms with Gasteiger partial charge in [-0.05, 0) is 18.4 Å². The van der Waals surface area contributed by atoms with Crippen molar-refractivity contribution in [1.29, 1.82) is 0 Å². The van der Waals surface area contributed by atoms with Gasteiger partial charge in [0.2, 0.25) is 0 Å². The normalized spacial score (nSPS) is 12.9. The van der Waals surface area contributed by atoms with Gasteiger partial charge >= 0.3 is 5.97 Å². The smallest absolute Gasteiger partial charge is 0.311 e. The molecule has 0 fully saturated rings. The van der Waals surface area contributed by atoms with E-state index in [0.29, 0.717) is 0 Å². The fourth-order valence-corrected chi connectivity index (χ4v) is 1.59. The van der Waals surface area contributed by atoms with Crippen LogP contribution in [0.2, 0.25) is 0 Å². The molecule has 14 heavy (non-hydrogen) atoms. The van der Waals surface area contributed by atoms with E-state index in [0.717, 1.165) is 11.1 Å². The lowest BCUT2D eigenvalue weighted by Crippen LogP contribution is -2.17. The third-order valence-corrected chi connectivity index (χ3v) is 2.37. The molecule has 1 atom stereocenters. The highest BCUT2D eigenvalue weighted by Gasteiger charge is 2.22. The minimum Gasteiger partial charge on any atom is -0.481 e. The summed E-state index contributed by atoms with van der Waals surface area (Å²) in [6, 6.07) is 7.70. The van der Waals surface area contributed by atoms with Crippen molar-refractivity contribution in [3.63, 3.8) is 0 Å². The Balaban J connectivity index is 3.00. The van der Waals surface area contributed by atoms with Crippen molar-refractivity contribution in [2.45, 2.75) is 26.7 Å². The molecule has 1 N–H and O–H groups in total. The molecule has 0 amide bonds. The van der Waals surface area contributed by atoms with Crippen molar-refractivity contribution in [2.24, 2.45) is 5.92 Å². The maximum atomic E-state index is 11.0. The SMILES string of the molecule is Cc1ccc([C@H](C(=O)O)C(C)C)cc1. The minimum absolute atomic E-state index is 0.121. The van der Waals surface area contributed by atoms with Crippen molar-refractivity contribution in [3.05, 3.63) is 35.4 Å². The summed E-state index contributed by atoms with van der Waals surface area (Å²) in [5.74, 6) is -1.02. The number of aliphatic carboxylic acids is 1. The maximum Gasteiger partial charge on any atom is 0.311 e.